The number of nitrogens with one attached hydrogen (secondary N) is 1. The molecule has 0 saturated heterocycles. The highest BCUT2D eigenvalue weighted by Gasteiger charge is 2.31. The van der Waals surface area contributed by atoms with E-state index in [-0.39, 0.29) is 12.6 Å². The molecule has 0 radical (unpaired) electrons. The average Bonchev–Trinajstić information content (AvgIpc) is 3.30. The van der Waals surface area contributed by atoms with Gasteiger partial charge in [-0.05, 0) is 24.8 Å². The molecular weight excluding hydrogens is 270 g/mol. The zero-order valence-electron chi connectivity index (χ0n) is 12.2. The molecule has 1 unspecified atom stereocenters. The second-order valence-electron chi connectivity index (χ2n) is 5.19. The normalized spacial score (nSPS) is 15.1. The predicted octanol–water partition coefficient (Wildman–Crippen LogP) is 2.64. The topological polar surface area (TPSA) is 64.6 Å². The number of benzene rings is 1. The van der Waals surface area contributed by atoms with Gasteiger partial charge in [0.05, 0.1) is 6.61 Å². The summed E-state index contributed by atoms with van der Waals surface area (Å²) in [6, 6.07) is 8.80. The van der Waals surface area contributed by atoms with E-state index in [0.717, 1.165) is 18.4 Å². The first-order valence-corrected chi connectivity index (χ1v) is 7.33. The Morgan fingerprint density at radius 1 is 1.24 bits per heavy atom. The Bertz CT molecular complexity index is 470. The Hall–Kier alpha value is -2.04. The molecule has 114 valence electrons. The van der Waals surface area contributed by atoms with Gasteiger partial charge in [0.1, 0.15) is 12.6 Å². The van der Waals surface area contributed by atoms with Crippen molar-refractivity contribution in [2.45, 2.75) is 38.8 Å². The molecule has 1 fully saturated rings. The van der Waals surface area contributed by atoms with Crippen LogP contribution in [0.5, 0.6) is 0 Å². The molecule has 2 rings (SSSR count). The summed E-state index contributed by atoms with van der Waals surface area (Å²) in [6.07, 6.45) is 2.25. The van der Waals surface area contributed by atoms with E-state index in [4.69, 9.17) is 9.47 Å². The quantitative estimate of drug-likeness (QED) is 0.784. The number of ether oxygens (including phenoxy) is 2. The molecular formula is C16H21NO4. The maximum atomic E-state index is 11.8. The van der Waals surface area contributed by atoms with Gasteiger partial charge in [-0.3, -0.25) is 0 Å². The fraction of sp³-hybridized carbons (Fsp3) is 0.500. The van der Waals surface area contributed by atoms with Gasteiger partial charge in [-0.1, -0.05) is 43.2 Å². The summed E-state index contributed by atoms with van der Waals surface area (Å²) in [5.74, 6) is 0.120. The SMILES string of the molecule is CCOC(=O)C(CC1CC1)NC(=O)OCc1ccccc1. The summed E-state index contributed by atoms with van der Waals surface area (Å²) in [4.78, 5) is 23.6. The minimum Gasteiger partial charge on any atom is -0.464 e. The first kappa shape index (κ1) is 15.4. The minimum absolute atomic E-state index is 0.186. The van der Waals surface area contributed by atoms with Crippen LogP contribution in [-0.2, 0) is 20.9 Å². The molecule has 1 saturated carbocycles. The van der Waals surface area contributed by atoms with E-state index in [0.29, 0.717) is 18.9 Å². The predicted molar refractivity (Wildman–Crippen MR) is 77.5 cm³/mol. The lowest BCUT2D eigenvalue weighted by Crippen LogP contribution is -2.42. The van der Waals surface area contributed by atoms with Crippen LogP contribution in [0.25, 0.3) is 0 Å². The molecule has 5 heteroatoms. The zero-order valence-corrected chi connectivity index (χ0v) is 12.2. The fourth-order valence-electron chi connectivity index (χ4n) is 2.05. The van der Waals surface area contributed by atoms with Crippen molar-refractivity contribution in [2.75, 3.05) is 6.61 Å². The Balaban J connectivity index is 1.80. The third-order valence-electron chi connectivity index (χ3n) is 3.34. The molecule has 1 aromatic carbocycles. The van der Waals surface area contributed by atoms with Gasteiger partial charge in [0.2, 0.25) is 0 Å². The molecule has 0 bridgehead atoms. The molecule has 1 aliphatic carbocycles. The lowest BCUT2D eigenvalue weighted by molar-refractivity contribution is -0.145. The Morgan fingerprint density at radius 2 is 1.95 bits per heavy atom. The van der Waals surface area contributed by atoms with Crippen LogP contribution in [0, 0.1) is 5.92 Å². The maximum Gasteiger partial charge on any atom is 0.408 e. The molecule has 1 aliphatic rings. The smallest absolute Gasteiger partial charge is 0.408 e. The van der Waals surface area contributed by atoms with Crippen molar-refractivity contribution in [3.8, 4) is 0 Å². The Morgan fingerprint density at radius 3 is 2.57 bits per heavy atom. The highest BCUT2D eigenvalue weighted by atomic mass is 16.6. The standard InChI is InChI=1S/C16H21NO4/c1-2-20-15(18)14(10-12-8-9-12)17-16(19)21-11-13-6-4-3-5-7-13/h3-7,12,14H,2,8-11H2,1H3,(H,17,19). The van der Waals surface area contributed by atoms with Crippen molar-refractivity contribution in [3.63, 3.8) is 0 Å². The van der Waals surface area contributed by atoms with Crippen molar-refractivity contribution in [1.29, 1.82) is 0 Å². The van der Waals surface area contributed by atoms with Crippen molar-refractivity contribution < 1.29 is 19.1 Å². The molecule has 0 spiro atoms. The number of rotatable bonds is 7. The second kappa shape index (κ2) is 7.67. The molecule has 0 aromatic heterocycles. The molecule has 0 heterocycles. The number of alkyl carbamates (subject to hydrolysis) is 1. The van der Waals surface area contributed by atoms with E-state index < -0.39 is 12.1 Å². The number of amides is 1. The van der Waals surface area contributed by atoms with Crippen LogP contribution in [-0.4, -0.2) is 24.7 Å². The van der Waals surface area contributed by atoms with Gasteiger partial charge in [-0.15, -0.1) is 0 Å². The third kappa shape index (κ3) is 5.45. The van der Waals surface area contributed by atoms with Gasteiger partial charge in [0, 0.05) is 0 Å². The van der Waals surface area contributed by atoms with Crippen molar-refractivity contribution in [1.82, 2.24) is 5.32 Å². The first-order chi connectivity index (χ1) is 10.2. The monoisotopic (exact) mass is 291 g/mol. The van der Waals surface area contributed by atoms with E-state index in [9.17, 15) is 9.59 Å². The molecule has 1 atom stereocenters. The number of esters is 1. The van der Waals surface area contributed by atoms with Gasteiger partial charge >= 0.3 is 12.1 Å². The fourth-order valence-corrected chi connectivity index (χ4v) is 2.05. The lowest BCUT2D eigenvalue weighted by Gasteiger charge is -2.16. The zero-order chi connectivity index (χ0) is 15.1. The summed E-state index contributed by atoms with van der Waals surface area (Å²) in [7, 11) is 0. The second-order valence-corrected chi connectivity index (χ2v) is 5.19. The van der Waals surface area contributed by atoms with Crippen molar-refractivity contribution >= 4 is 12.1 Å². The summed E-state index contributed by atoms with van der Waals surface area (Å²) >= 11 is 0. The van der Waals surface area contributed by atoms with E-state index in [2.05, 4.69) is 5.32 Å². The van der Waals surface area contributed by atoms with Crippen LogP contribution in [0.3, 0.4) is 0 Å². The lowest BCUT2D eigenvalue weighted by atomic mass is 10.1. The maximum absolute atomic E-state index is 11.8. The van der Waals surface area contributed by atoms with Gasteiger partial charge in [-0.2, -0.15) is 0 Å². The van der Waals surface area contributed by atoms with Gasteiger partial charge in [-0.25, -0.2) is 9.59 Å². The van der Waals surface area contributed by atoms with Gasteiger partial charge < -0.3 is 14.8 Å². The third-order valence-corrected chi connectivity index (χ3v) is 3.34. The minimum atomic E-state index is -0.610. The van der Waals surface area contributed by atoms with Gasteiger partial charge in [0.25, 0.3) is 0 Å². The molecule has 1 N–H and O–H groups in total. The van der Waals surface area contributed by atoms with Gasteiger partial charge in [0.15, 0.2) is 0 Å². The summed E-state index contributed by atoms with van der Waals surface area (Å²) in [5.41, 5.74) is 0.905. The number of hydrogen-bond acceptors (Lipinski definition) is 4. The Kier molecular flexibility index (Phi) is 5.60. The summed E-state index contributed by atoms with van der Waals surface area (Å²) < 4.78 is 10.1. The molecule has 5 nitrogen and oxygen atoms in total. The summed E-state index contributed by atoms with van der Waals surface area (Å²) in [5, 5.41) is 2.61. The van der Waals surface area contributed by atoms with E-state index >= 15 is 0 Å². The van der Waals surface area contributed by atoms with Crippen LogP contribution in [0.15, 0.2) is 30.3 Å². The number of carbonyl (C=O) groups is 2. The molecule has 0 aliphatic heterocycles. The largest absolute Gasteiger partial charge is 0.464 e. The van der Waals surface area contributed by atoms with Crippen LogP contribution in [0.1, 0.15) is 31.7 Å². The summed E-state index contributed by atoms with van der Waals surface area (Å²) in [6.45, 7) is 2.24. The number of hydrogen-bond donors (Lipinski definition) is 1. The van der Waals surface area contributed by atoms with Crippen LogP contribution >= 0.6 is 0 Å². The van der Waals surface area contributed by atoms with Crippen LogP contribution in [0.4, 0.5) is 4.79 Å². The van der Waals surface area contributed by atoms with Crippen molar-refractivity contribution in [3.05, 3.63) is 35.9 Å². The van der Waals surface area contributed by atoms with E-state index in [1.807, 2.05) is 30.3 Å². The van der Waals surface area contributed by atoms with Crippen LogP contribution < -0.4 is 5.32 Å². The molecule has 21 heavy (non-hydrogen) atoms. The first-order valence-electron chi connectivity index (χ1n) is 7.33. The Labute approximate surface area is 124 Å². The van der Waals surface area contributed by atoms with Crippen molar-refractivity contribution in [2.24, 2.45) is 5.92 Å². The molecule has 1 amide bonds. The van der Waals surface area contributed by atoms with E-state index in [1.54, 1.807) is 6.92 Å². The highest BCUT2D eigenvalue weighted by Crippen LogP contribution is 2.33. The highest BCUT2D eigenvalue weighted by molar-refractivity contribution is 5.81. The average molecular weight is 291 g/mol. The number of carbonyl (C=O) groups excluding carboxylic acids is 2. The van der Waals surface area contributed by atoms with E-state index in [1.165, 1.54) is 0 Å². The molecule has 1 aromatic rings. The van der Waals surface area contributed by atoms with Crippen LogP contribution in [0.2, 0.25) is 0 Å².